The van der Waals surface area contributed by atoms with Crippen LogP contribution in [0.25, 0.3) is 0 Å². The van der Waals surface area contributed by atoms with Crippen LogP contribution in [-0.4, -0.2) is 97.2 Å². The molecule has 0 radical (unpaired) electrons. The molecule has 0 aromatic rings. The summed E-state index contributed by atoms with van der Waals surface area (Å²) in [5, 5.41) is 10.5. The summed E-state index contributed by atoms with van der Waals surface area (Å²) in [6.07, 6.45) is 0.493. The molecule has 0 aliphatic heterocycles. The summed E-state index contributed by atoms with van der Waals surface area (Å²) in [6.45, 7) is -1.26. The van der Waals surface area contributed by atoms with Gasteiger partial charge >= 0.3 is 5.97 Å². The SMILES string of the molecule is CN(C=O)CC(=O)N(C)CC(=O)N(C)CC(=O)NCC(=O)O. The van der Waals surface area contributed by atoms with E-state index in [9.17, 15) is 24.0 Å². The zero-order valence-electron chi connectivity index (χ0n) is 12.7. The summed E-state index contributed by atoms with van der Waals surface area (Å²) in [7, 11) is 4.19. The molecular formula is C12H20N4O6. The fourth-order valence-corrected chi connectivity index (χ4v) is 1.32. The number of hydrogen-bond donors (Lipinski definition) is 2. The Bertz CT molecular complexity index is 453. The van der Waals surface area contributed by atoms with Crippen molar-refractivity contribution in [2.75, 3.05) is 47.3 Å². The molecule has 4 amide bonds. The lowest BCUT2D eigenvalue weighted by Gasteiger charge is -2.22. The van der Waals surface area contributed by atoms with Gasteiger partial charge in [-0.1, -0.05) is 0 Å². The van der Waals surface area contributed by atoms with Crippen molar-refractivity contribution in [3.63, 3.8) is 0 Å². The van der Waals surface area contributed by atoms with Gasteiger partial charge in [-0.15, -0.1) is 0 Å². The Hall–Kier alpha value is -2.65. The summed E-state index contributed by atoms with van der Waals surface area (Å²) in [4.78, 5) is 58.9. The Morgan fingerprint density at radius 1 is 0.955 bits per heavy atom. The van der Waals surface area contributed by atoms with Crippen LogP contribution in [0, 0.1) is 0 Å². The van der Waals surface area contributed by atoms with Gasteiger partial charge in [0, 0.05) is 21.1 Å². The highest BCUT2D eigenvalue weighted by Gasteiger charge is 2.18. The maximum atomic E-state index is 11.8. The highest BCUT2D eigenvalue weighted by molar-refractivity contribution is 5.89. The molecule has 2 N–H and O–H groups in total. The third-order valence-corrected chi connectivity index (χ3v) is 2.61. The number of aliphatic carboxylic acids is 1. The summed E-state index contributed by atoms with van der Waals surface area (Å²) < 4.78 is 0. The minimum absolute atomic E-state index is 0.157. The van der Waals surface area contributed by atoms with E-state index < -0.39 is 30.2 Å². The Morgan fingerprint density at radius 2 is 1.45 bits per heavy atom. The Labute approximate surface area is 127 Å². The standard InChI is InChI=1S/C12H20N4O6/c1-14(8-17)6-10(19)16(3)7-11(20)15(2)5-9(18)13-4-12(21)22/h8H,4-7H2,1-3H3,(H,13,18)(H,21,22). The van der Waals surface area contributed by atoms with Crippen molar-refractivity contribution in [2.24, 2.45) is 0 Å². The second-order valence-electron chi connectivity index (χ2n) is 4.69. The van der Waals surface area contributed by atoms with E-state index in [0.29, 0.717) is 6.41 Å². The fourth-order valence-electron chi connectivity index (χ4n) is 1.32. The monoisotopic (exact) mass is 316 g/mol. The highest BCUT2D eigenvalue weighted by Crippen LogP contribution is 1.92. The summed E-state index contributed by atoms with van der Waals surface area (Å²) in [6, 6.07) is 0. The number of rotatable bonds is 9. The fraction of sp³-hybridized carbons (Fsp3) is 0.583. The molecule has 0 aromatic carbocycles. The summed E-state index contributed by atoms with van der Waals surface area (Å²) >= 11 is 0. The molecule has 0 aliphatic carbocycles. The molecule has 0 bridgehead atoms. The zero-order chi connectivity index (χ0) is 17.3. The van der Waals surface area contributed by atoms with Crippen molar-refractivity contribution in [3.8, 4) is 0 Å². The molecule has 0 atom stereocenters. The Balaban J connectivity index is 4.28. The van der Waals surface area contributed by atoms with Crippen molar-refractivity contribution < 1.29 is 29.1 Å². The van der Waals surface area contributed by atoms with Crippen LogP contribution in [0.15, 0.2) is 0 Å². The molecule has 124 valence electrons. The number of carbonyl (C=O) groups excluding carboxylic acids is 4. The van der Waals surface area contributed by atoms with Gasteiger partial charge in [-0.2, -0.15) is 0 Å². The first kappa shape index (κ1) is 19.4. The number of nitrogens with zero attached hydrogens (tertiary/aromatic N) is 3. The second-order valence-corrected chi connectivity index (χ2v) is 4.69. The molecule has 0 fully saturated rings. The van der Waals surface area contributed by atoms with Crippen LogP contribution in [0.3, 0.4) is 0 Å². The van der Waals surface area contributed by atoms with Crippen LogP contribution in [0.1, 0.15) is 0 Å². The van der Waals surface area contributed by atoms with E-state index in [2.05, 4.69) is 5.32 Å². The molecule has 10 heteroatoms. The van der Waals surface area contributed by atoms with Gasteiger partial charge in [0.05, 0.1) is 19.6 Å². The van der Waals surface area contributed by atoms with Crippen LogP contribution in [0.2, 0.25) is 0 Å². The Morgan fingerprint density at radius 3 is 1.95 bits per heavy atom. The highest BCUT2D eigenvalue weighted by atomic mass is 16.4. The van der Waals surface area contributed by atoms with Crippen molar-refractivity contribution >= 4 is 30.1 Å². The molecular weight excluding hydrogens is 296 g/mol. The molecule has 0 saturated heterocycles. The van der Waals surface area contributed by atoms with Crippen molar-refractivity contribution in [2.45, 2.75) is 0 Å². The number of carboxylic acid groups (broad SMARTS) is 1. The molecule has 0 unspecified atom stereocenters. The van der Waals surface area contributed by atoms with Gasteiger partial charge in [0.2, 0.25) is 24.1 Å². The second kappa shape index (κ2) is 9.32. The molecule has 0 heterocycles. The normalized spacial score (nSPS) is 9.59. The van der Waals surface area contributed by atoms with Crippen LogP contribution >= 0.6 is 0 Å². The molecule has 0 spiro atoms. The van der Waals surface area contributed by atoms with Gasteiger partial charge < -0.3 is 25.1 Å². The lowest BCUT2D eigenvalue weighted by atomic mass is 10.4. The van der Waals surface area contributed by atoms with Crippen molar-refractivity contribution in [3.05, 3.63) is 0 Å². The van der Waals surface area contributed by atoms with Gasteiger partial charge in [0.25, 0.3) is 0 Å². The number of carbonyl (C=O) groups is 5. The quantitative estimate of drug-likeness (QED) is 0.442. The van der Waals surface area contributed by atoms with Crippen LogP contribution in [0.4, 0.5) is 0 Å². The molecule has 0 saturated carbocycles. The first-order chi connectivity index (χ1) is 10.2. The van der Waals surface area contributed by atoms with Gasteiger partial charge in [-0.3, -0.25) is 24.0 Å². The number of carboxylic acids is 1. The van der Waals surface area contributed by atoms with Crippen LogP contribution in [-0.2, 0) is 24.0 Å². The lowest BCUT2D eigenvalue weighted by Crippen LogP contribution is -2.45. The van der Waals surface area contributed by atoms with Crippen molar-refractivity contribution in [1.29, 1.82) is 0 Å². The molecule has 0 rings (SSSR count). The Kier molecular flexibility index (Phi) is 8.19. The third kappa shape index (κ3) is 7.82. The zero-order valence-corrected chi connectivity index (χ0v) is 12.7. The topological polar surface area (TPSA) is 127 Å². The van der Waals surface area contributed by atoms with Crippen LogP contribution < -0.4 is 5.32 Å². The molecule has 22 heavy (non-hydrogen) atoms. The first-order valence-electron chi connectivity index (χ1n) is 6.29. The summed E-state index contributed by atoms with van der Waals surface area (Å²) in [5.74, 6) is -2.72. The third-order valence-electron chi connectivity index (χ3n) is 2.61. The predicted molar refractivity (Wildman–Crippen MR) is 74.6 cm³/mol. The minimum Gasteiger partial charge on any atom is -0.480 e. The predicted octanol–water partition coefficient (Wildman–Crippen LogP) is -2.81. The van der Waals surface area contributed by atoms with Crippen molar-refractivity contribution in [1.82, 2.24) is 20.0 Å². The molecule has 0 aromatic heterocycles. The smallest absolute Gasteiger partial charge is 0.322 e. The van der Waals surface area contributed by atoms with Gasteiger partial charge in [-0.25, -0.2) is 0 Å². The largest absolute Gasteiger partial charge is 0.480 e. The van der Waals surface area contributed by atoms with E-state index in [4.69, 9.17) is 5.11 Å². The van der Waals surface area contributed by atoms with E-state index in [0.717, 1.165) is 14.7 Å². The van der Waals surface area contributed by atoms with E-state index in [1.54, 1.807) is 0 Å². The minimum atomic E-state index is -1.19. The van der Waals surface area contributed by atoms with Gasteiger partial charge in [-0.05, 0) is 0 Å². The molecule has 0 aliphatic rings. The maximum Gasteiger partial charge on any atom is 0.322 e. The number of nitrogens with one attached hydrogen (secondary N) is 1. The average molecular weight is 316 g/mol. The van der Waals surface area contributed by atoms with Gasteiger partial charge in [0.1, 0.15) is 6.54 Å². The molecule has 10 nitrogen and oxygen atoms in total. The van der Waals surface area contributed by atoms with Crippen LogP contribution in [0.5, 0.6) is 0 Å². The maximum absolute atomic E-state index is 11.8. The number of likely N-dealkylation sites (N-methyl/N-ethyl adjacent to an activating group) is 3. The van der Waals surface area contributed by atoms with E-state index >= 15 is 0 Å². The number of hydrogen-bond acceptors (Lipinski definition) is 5. The summed E-state index contributed by atoms with van der Waals surface area (Å²) in [5.41, 5.74) is 0. The number of amides is 4. The van der Waals surface area contributed by atoms with Gasteiger partial charge in [0.15, 0.2) is 0 Å². The van der Waals surface area contributed by atoms with E-state index in [-0.39, 0.29) is 19.6 Å². The van der Waals surface area contributed by atoms with E-state index in [1.807, 2.05) is 0 Å². The lowest BCUT2D eigenvalue weighted by molar-refractivity contribution is -0.141. The van der Waals surface area contributed by atoms with E-state index in [1.165, 1.54) is 21.1 Å². The first-order valence-corrected chi connectivity index (χ1v) is 6.29. The average Bonchev–Trinajstić information content (AvgIpc) is 2.44.